The van der Waals surface area contributed by atoms with E-state index in [-0.39, 0.29) is 12.4 Å². The first-order valence-electron chi connectivity index (χ1n) is 4.14. The second kappa shape index (κ2) is 4.91. The SMILES string of the molecule is CC(Cl)C(=O)c1c(Br)cccc1CO. The lowest BCUT2D eigenvalue weighted by atomic mass is 10.0. The van der Waals surface area contributed by atoms with E-state index in [1.54, 1.807) is 25.1 Å². The van der Waals surface area contributed by atoms with Gasteiger partial charge in [-0.1, -0.05) is 28.1 Å². The zero-order chi connectivity index (χ0) is 10.7. The highest BCUT2D eigenvalue weighted by Gasteiger charge is 2.18. The number of halogens is 2. The number of aliphatic hydroxyl groups excluding tert-OH is 1. The maximum Gasteiger partial charge on any atom is 0.181 e. The van der Waals surface area contributed by atoms with Gasteiger partial charge >= 0.3 is 0 Å². The summed E-state index contributed by atoms with van der Waals surface area (Å²) in [4.78, 5) is 11.7. The third-order valence-electron chi connectivity index (χ3n) is 1.88. The average molecular weight is 278 g/mol. The Labute approximate surface area is 96.0 Å². The number of aliphatic hydroxyl groups is 1. The molecule has 1 aromatic carbocycles. The molecule has 1 unspecified atom stereocenters. The summed E-state index contributed by atoms with van der Waals surface area (Å²) in [6.45, 7) is 1.45. The summed E-state index contributed by atoms with van der Waals surface area (Å²) < 4.78 is 0.668. The van der Waals surface area contributed by atoms with Crippen LogP contribution >= 0.6 is 27.5 Å². The molecule has 0 spiro atoms. The third kappa shape index (κ3) is 2.35. The number of hydrogen-bond donors (Lipinski definition) is 1. The monoisotopic (exact) mass is 276 g/mol. The summed E-state index contributed by atoms with van der Waals surface area (Å²) in [5.41, 5.74) is 1.06. The highest BCUT2D eigenvalue weighted by atomic mass is 79.9. The van der Waals surface area contributed by atoms with Crippen LogP contribution in [0.3, 0.4) is 0 Å². The Balaban J connectivity index is 3.23. The van der Waals surface area contributed by atoms with Gasteiger partial charge in [0.15, 0.2) is 5.78 Å². The van der Waals surface area contributed by atoms with Crippen LogP contribution < -0.4 is 0 Å². The molecule has 0 aliphatic carbocycles. The number of rotatable bonds is 3. The molecular formula is C10H10BrClO2. The predicted molar refractivity (Wildman–Crippen MR) is 59.7 cm³/mol. The summed E-state index contributed by atoms with van der Waals surface area (Å²) in [5, 5.41) is 8.47. The summed E-state index contributed by atoms with van der Waals surface area (Å²) in [5.74, 6) is -0.178. The van der Waals surface area contributed by atoms with E-state index in [2.05, 4.69) is 15.9 Å². The zero-order valence-electron chi connectivity index (χ0n) is 7.63. The third-order valence-corrected chi connectivity index (χ3v) is 2.74. The van der Waals surface area contributed by atoms with E-state index in [4.69, 9.17) is 16.7 Å². The maximum atomic E-state index is 11.7. The van der Waals surface area contributed by atoms with Crippen LogP contribution in [-0.4, -0.2) is 16.3 Å². The van der Waals surface area contributed by atoms with Gasteiger partial charge in [0, 0.05) is 10.0 Å². The Kier molecular flexibility index (Phi) is 4.11. The fourth-order valence-electron chi connectivity index (χ4n) is 1.18. The van der Waals surface area contributed by atoms with Gasteiger partial charge in [0.05, 0.1) is 12.0 Å². The van der Waals surface area contributed by atoms with Gasteiger partial charge < -0.3 is 5.11 Å². The van der Waals surface area contributed by atoms with Crippen LogP contribution in [0.25, 0.3) is 0 Å². The Hall–Kier alpha value is -0.380. The van der Waals surface area contributed by atoms with Gasteiger partial charge in [-0.15, -0.1) is 11.6 Å². The molecule has 0 heterocycles. The van der Waals surface area contributed by atoms with Crippen LogP contribution in [0.2, 0.25) is 0 Å². The van der Waals surface area contributed by atoms with Crippen molar-refractivity contribution < 1.29 is 9.90 Å². The standard InChI is InChI=1S/C10H10BrClO2/c1-6(12)10(14)9-7(5-13)3-2-4-8(9)11/h2-4,6,13H,5H2,1H3. The molecule has 0 aromatic heterocycles. The van der Waals surface area contributed by atoms with Crippen molar-refractivity contribution in [3.05, 3.63) is 33.8 Å². The lowest BCUT2D eigenvalue weighted by molar-refractivity contribution is 0.0988. The molecule has 0 saturated carbocycles. The minimum Gasteiger partial charge on any atom is -0.392 e. The number of ketones is 1. The van der Waals surface area contributed by atoms with E-state index >= 15 is 0 Å². The van der Waals surface area contributed by atoms with Crippen molar-refractivity contribution in [2.24, 2.45) is 0 Å². The molecule has 0 aliphatic rings. The van der Waals surface area contributed by atoms with Crippen molar-refractivity contribution in [1.29, 1.82) is 0 Å². The van der Waals surface area contributed by atoms with Crippen molar-refractivity contribution in [3.63, 3.8) is 0 Å². The van der Waals surface area contributed by atoms with E-state index in [9.17, 15) is 4.79 Å². The Bertz CT molecular complexity index is 350. The molecule has 0 fully saturated rings. The molecule has 0 aliphatic heterocycles. The first-order chi connectivity index (χ1) is 6.57. The molecule has 1 atom stereocenters. The Morgan fingerprint density at radius 1 is 1.64 bits per heavy atom. The van der Waals surface area contributed by atoms with E-state index in [1.165, 1.54) is 0 Å². The van der Waals surface area contributed by atoms with Gasteiger partial charge in [-0.05, 0) is 18.6 Å². The van der Waals surface area contributed by atoms with Gasteiger partial charge in [-0.3, -0.25) is 4.79 Å². The molecule has 1 aromatic rings. The van der Waals surface area contributed by atoms with Crippen LogP contribution in [0.1, 0.15) is 22.8 Å². The molecule has 4 heteroatoms. The van der Waals surface area contributed by atoms with Gasteiger partial charge in [-0.25, -0.2) is 0 Å². The minimum absolute atomic E-state index is 0.163. The zero-order valence-corrected chi connectivity index (χ0v) is 9.97. The number of benzene rings is 1. The van der Waals surface area contributed by atoms with E-state index < -0.39 is 5.38 Å². The fourth-order valence-corrected chi connectivity index (χ4v) is 1.89. The molecule has 0 radical (unpaired) electrons. The second-order valence-electron chi connectivity index (χ2n) is 2.91. The minimum atomic E-state index is -0.584. The highest BCUT2D eigenvalue weighted by molar-refractivity contribution is 9.10. The molecule has 0 saturated heterocycles. The van der Waals surface area contributed by atoms with Crippen LogP contribution in [0, 0.1) is 0 Å². The fraction of sp³-hybridized carbons (Fsp3) is 0.300. The van der Waals surface area contributed by atoms with Gasteiger partial charge in [0.2, 0.25) is 0 Å². The first kappa shape index (κ1) is 11.7. The molecule has 1 N–H and O–H groups in total. The summed E-state index contributed by atoms with van der Waals surface area (Å²) in [6.07, 6.45) is 0. The lowest BCUT2D eigenvalue weighted by Gasteiger charge is -2.09. The van der Waals surface area contributed by atoms with Gasteiger partial charge in [-0.2, -0.15) is 0 Å². The normalized spacial score (nSPS) is 12.6. The molecule has 14 heavy (non-hydrogen) atoms. The van der Waals surface area contributed by atoms with Crippen molar-refractivity contribution in [3.8, 4) is 0 Å². The molecule has 0 amide bonds. The van der Waals surface area contributed by atoms with Crippen LogP contribution in [-0.2, 0) is 6.61 Å². The predicted octanol–water partition coefficient (Wildman–Crippen LogP) is 2.75. The highest BCUT2D eigenvalue weighted by Crippen LogP contribution is 2.23. The smallest absolute Gasteiger partial charge is 0.181 e. The molecule has 76 valence electrons. The second-order valence-corrected chi connectivity index (χ2v) is 4.42. The Morgan fingerprint density at radius 3 is 2.79 bits per heavy atom. The molecular weight excluding hydrogens is 267 g/mol. The van der Waals surface area contributed by atoms with E-state index in [0.29, 0.717) is 15.6 Å². The average Bonchev–Trinajstić information content (AvgIpc) is 2.16. The number of alkyl halides is 1. The number of carbonyl (C=O) groups is 1. The van der Waals surface area contributed by atoms with Crippen molar-refractivity contribution >= 4 is 33.3 Å². The maximum absolute atomic E-state index is 11.7. The van der Waals surface area contributed by atoms with Crippen LogP contribution in [0.5, 0.6) is 0 Å². The first-order valence-corrected chi connectivity index (χ1v) is 5.37. The summed E-state index contributed by atoms with van der Waals surface area (Å²) in [6, 6.07) is 5.23. The van der Waals surface area contributed by atoms with Crippen molar-refractivity contribution in [2.45, 2.75) is 18.9 Å². The largest absolute Gasteiger partial charge is 0.392 e. The van der Waals surface area contributed by atoms with Crippen LogP contribution in [0.15, 0.2) is 22.7 Å². The summed E-state index contributed by atoms with van der Waals surface area (Å²) >= 11 is 8.98. The van der Waals surface area contributed by atoms with Gasteiger partial charge in [0.1, 0.15) is 0 Å². The molecule has 1 rings (SSSR count). The number of Topliss-reactive ketones (excluding diaryl/α,β-unsaturated/α-hetero) is 1. The Morgan fingerprint density at radius 2 is 2.29 bits per heavy atom. The summed E-state index contributed by atoms with van der Waals surface area (Å²) in [7, 11) is 0. The van der Waals surface area contributed by atoms with E-state index in [0.717, 1.165) is 0 Å². The van der Waals surface area contributed by atoms with Crippen molar-refractivity contribution in [1.82, 2.24) is 0 Å². The number of carbonyl (C=O) groups excluding carboxylic acids is 1. The van der Waals surface area contributed by atoms with Crippen LogP contribution in [0.4, 0.5) is 0 Å². The van der Waals surface area contributed by atoms with E-state index in [1.807, 2.05) is 0 Å². The topological polar surface area (TPSA) is 37.3 Å². The molecule has 2 nitrogen and oxygen atoms in total. The van der Waals surface area contributed by atoms with Crippen molar-refractivity contribution in [2.75, 3.05) is 0 Å². The lowest BCUT2D eigenvalue weighted by Crippen LogP contribution is -2.14. The molecule has 0 bridgehead atoms. The number of hydrogen-bond acceptors (Lipinski definition) is 2. The van der Waals surface area contributed by atoms with Gasteiger partial charge in [0.25, 0.3) is 0 Å². The quantitative estimate of drug-likeness (QED) is 0.681.